The predicted octanol–water partition coefficient (Wildman–Crippen LogP) is 2.68. The first kappa shape index (κ1) is 13.1. The van der Waals surface area contributed by atoms with Crippen LogP contribution in [0.1, 0.15) is 17.7 Å². The highest BCUT2D eigenvalue weighted by Crippen LogP contribution is 2.31. The molecule has 0 aliphatic heterocycles. The van der Waals surface area contributed by atoms with Crippen molar-refractivity contribution in [1.82, 2.24) is 5.16 Å². The molecule has 100 valence electrons. The smallest absolute Gasteiger partial charge is 0.303 e. The maximum atomic E-state index is 10.5. The summed E-state index contributed by atoms with van der Waals surface area (Å²) in [5, 5.41) is 12.5. The van der Waals surface area contributed by atoms with Crippen LogP contribution in [-0.4, -0.2) is 23.3 Å². The van der Waals surface area contributed by atoms with Gasteiger partial charge in [0.25, 0.3) is 0 Å². The molecule has 1 aromatic carbocycles. The van der Waals surface area contributed by atoms with Crippen LogP contribution < -0.4 is 4.74 Å². The summed E-state index contributed by atoms with van der Waals surface area (Å²) in [4.78, 5) is 10.5. The first-order valence-corrected chi connectivity index (χ1v) is 5.92. The van der Waals surface area contributed by atoms with Gasteiger partial charge in [0, 0.05) is 12.5 Å². The van der Waals surface area contributed by atoms with Gasteiger partial charge >= 0.3 is 5.97 Å². The molecule has 0 saturated carbocycles. The summed E-state index contributed by atoms with van der Waals surface area (Å²) in [6, 6.07) is 7.51. The summed E-state index contributed by atoms with van der Waals surface area (Å²) < 4.78 is 10.5. The molecule has 0 spiro atoms. The molecule has 0 radical (unpaired) electrons. The summed E-state index contributed by atoms with van der Waals surface area (Å²) >= 11 is 0. The average Bonchev–Trinajstić information content (AvgIpc) is 2.85. The molecule has 5 heteroatoms. The molecule has 2 aromatic rings. The zero-order chi connectivity index (χ0) is 13.8. The molecule has 0 fully saturated rings. The molecule has 0 atom stereocenters. The minimum absolute atomic E-state index is 0.0386. The third-order valence-corrected chi connectivity index (χ3v) is 2.77. The number of carboxylic acids is 1. The number of methoxy groups -OCH3 is 1. The van der Waals surface area contributed by atoms with E-state index in [-0.39, 0.29) is 6.42 Å². The van der Waals surface area contributed by atoms with Gasteiger partial charge in [0.1, 0.15) is 5.75 Å². The van der Waals surface area contributed by atoms with Crippen LogP contribution in [0.25, 0.3) is 11.3 Å². The highest BCUT2D eigenvalue weighted by Gasteiger charge is 2.12. The SMILES string of the molecule is COc1ccc(C)cc1-c1cc(CCC(=O)O)no1. The zero-order valence-corrected chi connectivity index (χ0v) is 10.8. The van der Waals surface area contributed by atoms with E-state index in [1.165, 1.54) is 0 Å². The van der Waals surface area contributed by atoms with Crippen molar-refractivity contribution < 1.29 is 19.2 Å². The fourth-order valence-electron chi connectivity index (χ4n) is 1.81. The first-order chi connectivity index (χ1) is 9.10. The fourth-order valence-corrected chi connectivity index (χ4v) is 1.81. The summed E-state index contributed by atoms with van der Waals surface area (Å²) in [5.41, 5.74) is 2.52. The molecule has 5 nitrogen and oxygen atoms in total. The lowest BCUT2D eigenvalue weighted by atomic mass is 10.1. The van der Waals surface area contributed by atoms with E-state index in [2.05, 4.69) is 5.16 Å². The number of aliphatic carboxylic acids is 1. The molecule has 1 N–H and O–H groups in total. The quantitative estimate of drug-likeness (QED) is 0.895. The second-order valence-electron chi connectivity index (χ2n) is 4.28. The lowest BCUT2D eigenvalue weighted by Gasteiger charge is -2.05. The van der Waals surface area contributed by atoms with E-state index in [1.54, 1.807) is 13.2 Å². The Hall–Kier alpha value is -2.30. The molecule has 0 aliphatic carbocycles. The van der Waals surface area contributed by atoms with Crippen LogP contribution in [0.3, 0.4) is 0 Å². The van der Waals surface area contributed by atoms with E-state index in [0.29, 0.717) is 23.6 Å². The molecule has 0 bridgehead atoms. The number of benzene rings is 1. The van der Waals surface area contributed by atoms with E-state index in [9.17, 15) is 4.79 Å². The second-order valence-corrected chi connectivity index (χ2v) is 4.28. The minimum Gasteiger partial charge on any atom is -0.496 e. The van der Waals surface area contributed by atoms with Crippen molar-refractivity contribution in [1.29, 1.82) is 0 Å². The fraction of sp³-hybridized carbons (Fsp3) is 0.286. The van der Waals surface area contributed by atoms with Gasteiger partial charge in [-0.15, -0.1) is 0 Å². The van der Waals surface area contributed by atoms with E-state index in [0.717, 1.165) is 11.1 Å². The lowest BCUT2D eigenvalue weighted by molar-refractivity contribution is -0.136. The number of carbonyl (C=O) groups is 1. The Kier molecular flexibility index (Phi) is 3.85. The van der Waals surface area contributed by atoms with Gasteiger partial charge in [-0.05, 0) is 19.1 Å². The van der Waals surface area contributed by atoms with Crippen LogP contribution in [0.2, 0.25) is 0 Å². The standard InChI is InChI=1S/C14H15NO4/c1-9-3-5-12(18-2)11(7-9)13-8-10(15-19-13)4-6-14(16)17/h3,5,7-8H,4,6H2,1-2H3,(H,16,17). The van der Waals surface area contributed by atoms with Crippen LogP contribution >= 0.6 is 0 Å². The van der Waals surface area contributed by atoms with Crippen LogP contribution in [-0.2, 0) is 11.2 Å². The van der Waals surface area contributed by atoms with Gasteiger partial charge < -0.3 is 14.4 Å². The van der Waals surface area contributed by atoms with E-state index in [1.807, 2.05) is 25.1 Å². The van der Waals surface area contributed by atoms with Gasteiger partial charge in [-0.2, -0.15) is 0 Å². The molecular formula is C14H15NO4. The van der Waals surface area contributed by atoms with Crippen LogP contribution in [0.5, 0.6) is 5.75 Å². The van der Waals surface area contributed by atoms with Crippen molar-refractivity contribution in [3.05, 3.63) is 35.5 Å². The molecule has 1 heterocycles. The number of carboxylic acid groups (broad SMARTS) is 1. The summed E-state index contributed by atoms with van der Waals surface area (Å²) in [6.07, 6.45) is 0.393. The topological polar surface area (TPSA) is 72.6 Å². The summed E-state index contributed by atoms with van der Waals surface area (Å²) in [6.45, 7) is 1.98. The van der Waals surface area contributed by atoms with Gasteiger partial charge in [0.05, 0.1) is 24.8 Å². The van der Waals surface area contributed by atoms with Gasteiger partial charge in [-0.25, -0.2) is 0 Å². The largest absolute Gasteiger partial charge is 0.496 e. The third-order valence-electron chi connectivity index (χ3n) is 2.77. The summed E-state index contributed by atoms with van der Waals surface area (Å²) in [5.74, 6) is 0.435. The molecule has 0 unspecified atom stereocenters. The number of ether oxygens (including phenoxy) is 1. The summed E-state index contributed by atoms with van der Waals surface area (Å²) in [7, 11) is 1.59. The van der Waals surface area contributed by atoms with Crippen LogP contribution in [0.15, 0.2) is 28.8 Å². The number of nitrogens with zero attached hydrogens (tertiary/aromatic N) is 1. The second kappa shape index (κ2) is 5.56. The van der Waals surface area contributed by atoms with E-state index in [4.69, 9.17) is 14.4 Å². The van der Waals surface area contributed by atoms with Crippen molar-refractivity contribution in [2.24, 2.45) is 0 Å². The van der Waals surface area contributed by atoms with Crippen molar-refractivity contribution in [2.75, 3.05) is 7.11 Å². The molecular weight excluding hydrogens is 246 g/mol. The predicted molar refractivity (Wildman–Crippen MR) is 69.2 cm³/mol. The van der Waals surface area contributed by atoms with E-state index < -0.39 is 5.97 Å². The maximum Gasteiger partial charge on any atom is 0.303 e. The van der Waals surface area contributed by atoms with Crippen LogP contribution in [0.4, 0.5) is 0 Å². The number of aromatic nitrogens is 1. The number of hydrogen-bond acceptors (Lipinski definition) is 4. The third kappa shape index (κ3) is 3.13. The number of aryl methyl sites for hydroxylation is 2. The van der Waals surface area contributed by atoms with Gasteiger partial charge in [-0.3, -0.25) is 4.79 Å². The average molecular weight is 261 g/mol. The molecule has 0 aliphatic rings. The molecule has 1 aromatic heterocycles. The highest BCUT2D eigenvalue weighted by molar-refractivity contribution is 5.68. The Labute approximate surface area is 110 Å². The molecule has 0 amide bonds. The number of hydrogen-bond donors (Lipinski definition) is 1. The Balaban J connectivity index is 2.27. The van der Waals surface area contributed by atoms with Crippen molar-refractivity contribution in [3.63, 3.8) is 0 Å². The maximum absolute atomic E-state index is 10.5. The first-order valence-electron chi connectivity index (χ1n) is 5.92. The zero-order valence-electron chi connectivity index (χ0n) is 10.8. The van der Waals surface area contributed by atoms with Crippen molar-refractivity contribution >= 4 is 5.97 Å². The van der Waals surface area contributed by atoms with Gasteiger partial charge in [0.15, 0.2) is 5.76 Å². The van der Waals surface area contributed by atoms with E-state index >= 15 is 0 Å². The Bertz CT molecular complexity index is 589. The normalized spacial score (nSPS) is 10.4. The molecule has 0 saturated heterocycles. The monoisotopic (exact) mass is 261 g/mol. The van der Waals surface area contributed by atoms with Crippen molar-refractivity contribution in [3.8, 4) is 17.1 Å². The minimum atomic E-state index is -0.849. The highest BCUT2D eigenvalue weighted by atomic mass is 16.5. The lowest BCUT2D eigenvalue weighted by Crippen LogP contribution is -1.97. The molecule has 19 heavy (non-hydrogen) atoms. The van der Waals surface area contributed by atoms with Gasteiger partial charge in [-0.1, -0.05) is 16.8 Å². The number of rotatable bonds is 5. The van der Waals surface area contributed by atoms with Crippen molar-refractivity contribution in [2.45, 2.75) is 19.8 Å². The Morgan fingerprint density at radius 1 is 1.42 bits per heavy atom. The van der Waals surface area contributed by atoms with Crippen LogP contribution in [0, 0.1) is 6.92 Å². The Morgan fingerprint density at radius 3 is 2.89 bits per heavy atom. The molecule has 2 rings (SSSR count). The Morgan fingerprint density at radius 2 is 2.21 bits per heavy atom. The van der Waals surface area contributed by atoms with Gasteiger partial charge in [0.2, 0.25) is 0 Å².